The summed E-state index contributed by atoms with van der Waals surface area (Å²) >= 11 is 1.33. The minimum Gasteiger partial charge on any atom is -0.488 e. The number of nitrogens with zero attached hydrogens (tertiary/aromatic N) is 3. The molecule has 2 aromatic carbocycles. The first-order valence-corrected chi connectivity index (χ1v) is 9.72. The van der Waals surface area contributed by atoms with Crippen LogP contribution in [0.3, 0.4) is 0 Å². The Hall–Kier alpha value is -3.19. The van der Waals surface area contributed by atoms with Gasteiger partial charge in [0.2, 0.25) is 5.17 Å². The zero-order valence-electron chi connectivity index (χ0n) is 15.3. The molecule has 0 fully saturated rings. The van der Waals surface area contributed by atoms with Gasteiger partial charge < -0.3 is 4.74 Å². The van der Waals surface area contributed by atoms with E-state index in [0.29, 0.717) is 17.5 Å². The number of para-hydroxylation sites is 1. The number of thioether (sulfide) groups is 1. The number of amidine groups is 2. The van der Waals surface area contributed by atoms with Gasteiger partial charge in [0.25, 0.3) is 5.91 Å². The van der Waals surface area contributed by atoms with Gasteiger partial charge in [0.15, 0.2) is 5.84 Å². The summed E-state index contributed by atoms with van der Waals surface area (Å²) in [6, 6.07) is 17.3. The first-order valence-electron chi connectivity index (χ1n) is 8.90. The molecule has 7 heteroatoms. The molecule has 28 heavy (non-hydrogen) atoms. The maximum Gasteiger partial charge on any atom is 0.283 e. The average Bonchev–Trinajstić information content (AvgIpc) is 3.14. The molecule has 0 aliphatic carbocycles. The fraction of sp³-hybridized carbons (Fsp3) is 0.143. The lowest BCUT2D eigenvalue weighted by atomic mass is 10.1. The van der Waals surface area contributed by atoms with Crippen LogP contribution in [0.4, 0.5) is 0 Å². The molecule has 0 unspecified atom stereocenters. The standard InChI is InChI=1S/C21H18N4O2S/c1-2-18-24-25-19(22)16(20(26)23-21(25)28-18)12-15-10-6-7-11-17(15)27-13-14-8-4-3-5-9-14/h3-12,22H,2,13H2,1H3/b16-12+,22-19?. The van der Waals surface area contributed by atoms with Gasteiger partial charge >= 0.3 is 0 Å². The number of hydrogen-bond donors (Lipinski definition) is 1. The van der Waals surface area contributed by atoms with E-state index < -0.39 is 5.91 Å². The van der Waals surface area contributed by atoms with Gasteiger partial charge in [-0.25, -0.2) is 0 Å². The van der Waals surface area contributed by atoms with Crippen LogP contribution in [0.5, 0.6) is 5.75 Å². The largest absolute Gasteiger partial charge is 0.488 e. The van der Waals surface area contributed by atoms with Crippen molar-refractivity contribution in [3.05, 3.63) is 71.3 Å². The van der Waals surface area contributed by atoms with E-state index in [-0.39, 0.29) is 11.4 Å². The van der Waals surface area contributed by atoms with Crippen LogP contribution in [0.25, 0.3) is 6.08 Å². The quantitative estimate of drug-likeness (QED) is 0.773. The zero-order chi connectivity index (χ0) is 19.5. The van der Waals surface area contributed by atoms with Crippen molar-refractivity contribution >= 4 is 39.8 Å². The summed E-state index contributed by atoms with van der Waals surface area (Å²) in [5.41, 5.74) is 1.97. The molecule has 0 spiro atoms. The van der Waals surface area contributed by atoms with Crippen molar-refractivity contribution in [2.24, 2.45) is 10.1 Å². The lowest BCUT2D eigenvalue weighted by molar-refractivity contribution is -0.114. The highest BCUT2D eigenvalue weighted by molar-refractivity contribution is 8.26. The minimum atomic E-state index is -0.436. The smallest absolute Gasteiger partial charge is 0.283 e. The molecule has 0 saturated carbocycles. The molecular weight excluding hydrogens is 372 g/mol. The van der Waals surface area contributed by atoms with E-state index in [1.807, 2.05) is 61.5 Å². The molecule has 4 rings (SSSR count). The summed E-state index contributed by atoms with van der Waals surface area (Å²) in [5.74, 6) is 0.237. The number of aliphatic imine (C=N–C) groups is 1. The normalized spacial score (nSPS) is 17.5. The molecule has 0 saturated heterocycles. The number of nitrogens with one attached hydrogen (secondary N) is 1. The van der Waals surface area contributed by atoms with Gasteiger partial charge in [-0.05, 0) is 35.9 Å². The highest BCUT2D eigenvalue weighted by atomic mass is 32.2. The number of rotatable bonds is 5. The van der Waals surface area contributed by atoms with Gasteiger partial charge in [-0.15, -0.1) is 0 Å². The topological polar surface area (TPSA) is 78.1 Å². The van der Waals surface area contributed by atoms with Crippen molar-refractivity contribution in [1.82, 2.24) is 5.01 Å². The number of hydrazone groups is 1. The summed E-state index contributed by atoms with van der Waals surface area (Å²) in [6.45, 7) is 2.40. The van der Waals surface area contributed by atoms with Crippen LogP contribution >= 0.6 is 11.8 Å². The molecule has 0 aromatic heterocycles. The molecule has 2 aromatic rings. The zero-order valence-corrected chi connectivity index (χ0v) is 16.1. The number of carbonyl (C=O) groups excluding carboxylic acids is 1. The van der Waals surface area contributed by atoms with E-state index in [1.165, 1.54) is 16.8 Å². The third-order valence-electron chi connectivity index (χ3n) is 4.25. The molecule has 2 aliphatic heterocycles. The van der Waals surface area contributed by atoms with Crippen molar-refractivity contribution in [2.45, 2.75) is 20.0 Å². The minimum absolute atomic E-state index is 0.0313. The SMILES string of the molecule is CCC1=NN2C(=N)/C(=C\c3ccccc3OCc3ccccc3)C(=O)N=C2S1. The summed E-state index contributed by atoms with van der Waals surface area (Å²) in [6.07, 6.45) is 2.38. The fourth-order valence-electron chi connectivity index (χ4n) is 2.80. The molecule has 140 valence electrons. The van der Waals surface area contributed by atoms with Gasteiger partial charge in [-0.3, -0.25) is 10.2 Å². The van der Waals surface area contributed by atoms with Crippen molar-refractivity contribution in [2.75, 3.05) is 0 Å². The lowest BCUT2D eigenvalue weighted by Gasteiger charge is -2.20. The molecule has 2 aliphatic rings. The van der Waals surface area contributed by atoms with Gasteiger partial charge in [0.1, 0.15) is 17.4 Å². The Morgan fingerprint density at radius 2 is 1.89 bits per heavy atom. The Morgan fingerprint density at radius 3 is 2.68 bits per heavy atom. The van der Waals surface area contributed by atoms with Crippen molar-refractivity contribution in [1.29, 1.82) is 5.41 Å². The number of hydrogen-bond acceptors (Lipinski definition) is 5. The predicted molar refractivity (Wildman–Crippen MR) is 113 cm³/mol. The van der Waals surface area contributed by atoms with Crippen LogP contribution in [0.15, 0.2) is 70.3 Å². The number of amides is 1. The van der Waals surface area contributed by atoms with E-state index in [2.05, 4.69) is 10.1 Å². The second-order valence-corrected chi connectivity index (χ2v) is 7.22. The lowest BCUT2D eigenvalue weighted by Crippen LogP contribution is -2.35. The average molecular weight is 390 g/mol. The molecule has 0 bridgehead atoms. The van der Waals surface area contributed by atoms with E-state index in [4.69, 9.17) is 10.1 Å². The maximum absolute atomic E-state index is 12.5. The van der Waals surface area contributed by atoms with E-state index in [1.54, 1.807) is 6.08 Å². The molecule has 0 atom stereocenters. The number of fused-ring (bicyclic) bond motifs is 1. The van der Waals surface area contributed by atoms with Crippen LogP contribution in [0.2, 0.25) is 0 Å². The van der Waals surface area contributed by atoms with Crippen LogP contribution in [-0.4, -0.2) is 27.0 Å². The van der Waals surface area contributed by atoms with Crippen molar-refractivity contribution in [3.63, 3.8) is 0 Å². The molecule has 1 N–H and O–H groups in total. The van der Waals surface area contributed by atoms with E-state index in [0.717, 1.165) is 22.6 Å². The highest BCUT2D eigenvalue weighted by Gasteiger charge is 2.35. The number of carbonyl (C=O) groups is 1. The Bertz CT molecular complexity index is 1030. The Labute approximate surface area is 167 Å². The molecular formula is C21H18N4O2S. The van der Waals surface area contributed by atoms with Crippen LogP contribution in [-0.2, 0) is 11.4 Å². The Morgan fingerprint density at radius 1 is 1.14 bits per heavy atom. The third-order valence-corrected chi connectivity index (χ3v) is 5.31. The third kappa shape index (κ3) is 3.61. The second-order valence-electron chi connectivity index (χ2n) is 6.18. The number of ether oxygens (including phenoxy) is 1. The first kappa shape index (κ1) is 18.2. The van der Waals surface area contributed by atoms with Gasteiger partial charge in [0.05, 0.1) is 5.57 Å². The molecule has 0 radical (unpaired) electrons. The van der Waals surface area contributed by atoms with Crippen LogP contribution in [0.1, 0.15) is 24.5 Å². The Kier molecular flexibility index (Phi) is 5.08. The van der Waals surface area contributed by atoms with Gasteiger partial charge in [-0.2, -0.15) is 15.1 Å². The Balaban J connectivity index is 1.61. The summed E-state index contributed by atoms with van der Waals surface area (Å²) in [4.78, 5) is 16.6. The molecule has 1 amide bonds. The summed E-state index contributed by atoms with van der Waals surface area (Å²) < 4.78 is 5.95. The van der Waals surface area contributed by atoms with E-state index in [9.17, 15) is 4.79 Å². The molecule has 2 heterocycles. The monoisotopic (exact) mass is 390 g/mol. The highest BCUT2D eigenvalue weighted by Crippen LogP contribution is 2.30. The first-order chi connectivity index (χ1) is 13.7. The van der Waals surface area contributed by atoms with Crippen molar-refractivity contribution < 1.29 is 9.53 Å². The van der Waals surface area contributed by atoms with E-state index >= 15 is 0 Å². The second kappa shape index (κ2) is 7.82. The van der Waals surface area contributed by atoms with Crippen molar-refractivity contribution in [3.8, 4) is 5.75 Å². The number of benzene rings is 2. The predicted octanol–water partition coefficient (Wildman–Crippen LogP) is 4.29. The summed E-state index contributed by atoms with van der Waals surface area (Å²) in [7, 11) is 0. The fourth-order valence-corrected chi connectivity index (χ4v) is 3.62. The van der Waals surface area contributed by atoms with Crippen LogP contribution in [0, 0.1) is 5.41 Å². The summed E-state index contributed by atoms with van der Waals surface area (Å²) in [5, 5.41) is 15.5. The van der Waals surface area contributed by atoms with Gasteiger partial charge in [0, 0.05) is 5.56 Å². The van der Waals surface area contributed by atoms with Gasteiger partial charge in [-0.1, -0.05) is 55.5 Å². The maximum atomic E-state index is 12.5. The van der Waals surface area contributed by atoms with Crippen LogP contribution < -0.4 is 4.74 Å². The molecule has 6 nitrogen and oxygen atoms in total.